The van der Waals surface area contributed by atoms with Crippen molar-refractivity contribution < 1.29 is 19.1 Å². The number of aryl methyl sites for hydroxylation is 2. The van der Waals surface area contributed by atoms with Crippen LogP contribution >= 0.6 is 0 Å². The number of carbonyl (C=O) groups is 2. The van der Waals surface area contributed by atoms with Crippen LogP contribution in [0.2, 0.25) is 0 Å². The minimum absolute atomic E-state index is 0.0177. The molecule has 2 amide bonds. The van der Waals surface area contributed by atoms with Crippen LogP contribution in [0.3, 0.4) is 0 Å². The average molecular weight is 495 g/mol. The number of nitrogens with zero attached hydrogens (tertiary/aromatic N) is 1. The molecule has 1 atom stereocenters. The maximum atomic E-state index is 13.6. The van der Waals surface area contributed by atoms with Crippen molar-refractivity contribution in [1.82, 2.24) is 10.2 Å². The lowest BCUT2D eigenvalue weighted by Gasteiger charge is -2.31. The highest BCUT2D eigenvalue weighted by atomic mass is 16.5. The number of hydrogen-bond donors (Lipinski definition) is 1. The molecular weight excluding hydrogens is 452 g/mol. The highest BCUT2D eigenvalue weighted by Gasteiger charge is 2.30. The van der Waals surface area contributed by atoms with E-state index >= 15 is 0 Å². The summed E-state index contributed by atoms with van der Waals surface area (Å²) in [6.45, 7) is 9.44. The molecule has 0 saturated heterocycles. The largest absolute Gasteiger partial charge is 0.490 e. The minimum atomic E-state index is -0.487. The molecule has 1 saturated carbocycles. The lowest BCUT2D eigenvalue weighted by molar-refractivity contribution is -0.141. The van der Waals surface area contributed by atoms with E-state index in [-0.39, 0.29) is 17.9 Å². The zero-order valence-corrected chi connectivity index (χ0v) is 22.3. The highest BCUT2D eigenvalue weighted by molar-refractivity contribution is 5.88. The molecule has 196 valence electrons. The molecule has 1 N–H and O–H groups in total. The fourth-order valence-corrected chi connectivity index (χ4v) is 4.82. The predicted molar refractivity (Wildman–Crippen MR) is 143 cm³/mol. The van der Waals surface area contributed by atoms with E-state index < -0.39 is 6.04 Å². The second-order valence-electron chi connectivity index (χ2n) is 9.57. The van der Waals surface area contributed by atoms with E-state index in [1.165, 1.54) is 5.56 Å². The van der Waals surface area contributed by atoms with Gasteiger partial charge in [-0.2, -0.15) is 0 Å². The predicted octanol–water partition coefficient (Wildman–Crippen LogP) is 5.59. The Kier molecular flexibility index (Phi) is 10.6. The maximum Gasteiger partial charge on any atom is 0.243 e. The Balaban J connectivity index is 1.76. The molecule has 0 aliphatic heterocycles. The first kappa shape index (κ1) is 27.6. The van der Waals surface area contributed by atoms with Crippen LogP contribution < -0.4 is 14.8 Å². The molecule has 3 rings (SSSR count). The number of benzene rings is 2. The van der Waals surface area contributed by atoms with Gasteiger partial charge < -0.3 is 19.7 Å². The summed E-state index contributed by atoms with van der Waals surface area (Å²) in [6, 6.07) is 13.8. The number of nitrogens with one attached hydrogen (secondary N) is 1. The van der Waals surface area contributed by atoms with Crippen LogP contribution in [0.4, 0.5) is 0 Å². The van der Waals surface area contributed by atoms with E-state index in [2.05, 4.69) is 5.32 Å². The van der Waals surface area contributed by atoms with Gasteiger partial charge in [0.2, 0.25) is 11.8 Å². The van der Waals surface area contributed by atoms with Gasteiger partial charge in [0.1, 0.15) is 6.04 Å². The van der Waals surface area contributed by atoms with E-state index in [0.717, 1.165) is 36.8 Å². The van der Waals surface area contributed by atoms with Crippen molar-refractivity contribution >= 4 is 11.8 Å². The molecule has 1 aliphatic rings. The molecule has 0 heterocycles. The number of rotatable bonds is 13. The van der Waals surface area contributed by atoms with Crippen LogP contribution in [0.15, 0.2) is 42.5 Å². The van der Waals surface area contributed by atoms with Crippen molar-refractivity contribution in [2.45, 2.75) is 91.3 Å². The number of amides is 2. The lowest BCUT2D eigenvalue weighted by atomic mass is 10.0. The van der Waals surface area contributed by atoms with Crippen molar-refractivity contribution in [1.29, 1.82) is 0 Å². The van der Waals surface area contributed by atoms with Crippen LogP contribution in [0, 0.1) is 6.92 Å². The molecule has 0 aromatic heterocycles. The summed E-state index contributed by atoms with van der Waals surface area (Å²) in [7, 11) is 0. The molecule has 0 radical (unpaired) electrons. The number of ether oxygens (including phenoxy) is 2. The van der Waals surface area contributed by atoms with Crippen LogP contribution in [0.5, 0.6) is 11.5 Å². The maximum absolute atomic E-state index is 13.6. The van der Waals surface area contributed by atoms with E-state index in [4.69, 9.17) is 9.47 Å². The van der Waals surface area contributed by atoms with E-state index in [0.29, 0.717) is 50.5 Å². The summed E-state index contributed by atoms with van der Waals surface area (Å²) < 4.78 is 11.4. The molecule has 0 bridgehead atoms. The fraction of sp³-hybridized carbons (Fsp3) is 0.533. The summed E-state index contributed by atoms with van der Waals surface area (Å²) in [6.07, 6.45) is 5.81. The average Bonchev–Trinajstić information content (AvgIpc) is 3.38. The van der Waals surface area contributed by atoms with Gasteiger partial charge >= 0.3 is 0 Å². The number of carbonyl (C=O) groups excluding carboxylic acids is 2. The molecule has 1 aliphatic carbocycles. The molecule has 36 heavy (non-hydrogen) atoms. The highest BCUT2D eigenvalue weighted by Crippen LogP contribution is 2.29. The van der Waals surface area contributed by atoms with Gasteiger partial charge in [-0.3, -0.25) is 9.59 Å². The number of hydrogen-bond acceptors (Lipinski definition) is 4. The summed E-state index contributed by atoms with van der Waals surface area (Å²) >= 11 is 0. The van der Waals surface area contributed by atoms with Gasteiger partial charge in [0.25, 0.3) is 0 Å². The Morgan fingerprint density at radius 1 is 0.944 bits per heavy atom. The van der Waals surface area contributed by atoms with Crippen LogP contribution in [0.1, 0.15) is 76.0 Å². The van der Waals surface area contributed by atoms with Gasteiger partial charge in [0.05, 0.1) is 13.2 Å². The normalized spacial score (nSPS) is 14.3. The van der Waals surface area contributed by atoms with E-state index in [9.17, 15) is 9.59 Å². The van der Waals surface area contributed by atoms with Crippen molar-refractivity contribution in [3.05, 3.63) is 59.2 Å². The van der Waals surface area contributed by atoms with Crippen LogP contribution in [-0.2, 0) is 22.6 Å². The Hall–Kier alpha value is -3.02. The molecule has 1 fully saturated rings. The lowest BCUT2D eigenvalue weighted by Crippen LogP contribution is -2.51. The molecule has 2 aromatic rings. The first-order chi connectivity index (χ1) is 17.4. The summed E-state index contributed by atoms with van der Waals surface area (Å²) in [5.41, 5.74) is 3.21. The molecule has 6 heteroatoms. The zero-order valence-electron chi connectivity index (χ0n) is 22.3. The van der Waals surface area contributed by atoms with Crippen molar-refractivity contribution in [2.75, 3.05) is 13.2 Å². The fourth-order valence-electron chi connectivity index (χ4n) is 4.82. The summed E-state index contributed by atoms with van der Waals surface area (Å²) in [4.78, 5) is 28.6. The van der Waals surface area contributed by atoms with Crippen molar-refractivity contribution in [2.24, 2.45) is 0 Å². The Labute approximate surface area is 216 Å². The zero-order chi connectivity index (χ0) is 25.9. The second kappa shape index (κ2) is 13.9. The van der Waals surface area contributed by atoms with E-state index in [1.807, 2.05) is 70.2 Å². The third-order valence-electron chi connectivity index (χ3n) is 6.80. The Morgan fingerprint density at radius 3 is 2.22 bits per heavy atom. The van der Waals surface area contributed by atoms with Crippen LogP contribution in [0.25, 0.3) is 0 Å². The van der Waals surface area contributed by atoms with Gasteiger partial charge in [-0.1, -0.05) is 55.7 Å². The third kappa shape index (κ3) is 7.74. The minimum Gasteiger partial charge on any atom is -0.490 e. The molecule has 0 spiro atoms. The quantitative estimate of drug-likeness (QED) is 0.394. The molecule has 1 unspecified atom stereocenters. The monoisotopic (exact) mass is 494 g/mol. The second-order valence-corrected chi connectivity index (χ2v) is 9.57. The van der Waals surface area contributed by atoms with Gasteiger partial charge in [0, 0.05) is 19.0 Å². The molecular formula is C30H42N2O4. The van der Waals surface area contributed by atoms with E-state index in [1.54, 1.807) is 4.90 Å². The smallest absolute Gasteiger partial charge is 0.243 e. The van der Waals surface area contributed by atoms with Crippen molar-refractivity contribution in [3.63, 3.8) is 0 Å². The molecule has 2 aromatic carbocycles. The first-order valence-electron chi connectivity index (χ1n) is 13.5. The Bertz CT molecular complexity index is 983. The van der Waals surface area contributed by atoms with Gasteiger partial charge in [-0.15, -0.1) is 0 Å². The van der Waals surface area contributed by atoms with Gasteiger partial charge in [-0.05, 0) is 69.7 Å². The Morgan fingerprint density at radius 2 is 1.58 bits per heavy atom. The standard InChI is InChI=1S/C30H42N2O4/c1-5-26(30(34)31-25-10-8-9-11-25)32(21-24-14-12-22(4)13-15-24)29(33)19-17-23-16-18-27(35-6-2)28(20-23)36-7-3/h12-16,18,20,25-26H,5-11,17,19,21H2,1-4H3,(H,31,34). The van der Waals surface area contributed by atoms with Crippen LogP contribution in [-0.4, -0.2) is 42.0 Å². The topological polar surface area (TPSA) is 67.9 Å². The molecule has 6 nitrogen and oxygen atoms in total. The van der Waals surface area contributed by atoms with Gasteiger partial charge in [0.15, 0.2) is 11.5 Å². The third-order valence-corrected chi connectivity index (χ3v) is 6.80. The van der Waals surface area contributed by atoms with Crippen molar-refractivity contribution in [3.8, 4) is 11.5 Å². The summed E-state index contributed by atoms with van der Waals surface area (Å²) in [5, 5.41) is 3.21. The van der Waals surface area contributed by atoms with Gasteiger partial charge in [-0.25, -0.2) is 0 Å². The summed E-state index contributed by atoms with van der Waals surface area (Å²) in [5.74, 6) is 1.36. The SMILES string of the molecule is CCOc1ccc(CCC(=O)N(Cc2ccc(C)cc2)C(CC)C(=O)NC2CCCC2)cc1OCC. The first-order valence-corrected chi connectivity index (χ1v) is 13.5.